The molecule has 0 saturated heterocycles. The van der Waals surface area contributed by atoms with E-state index in [1.54, 1.807) is 25.3 Å². The van der Waals surface area contributed by atoms with Crippen molar-refractivity contribution >= 4 is 11.6 Å². The van der Waals surface area contributed by atoms with Crippen LogP contribution in [-0.2, 0) is 0 Å². The predicted molar refractivity (Wildman–Crippen MR) is 69.0 cm³/mol. The predicted octanol–water partition coefficient (Wildman–Crippen LogP) is 2.29. The molecular formula is C13H15N3O2. The van der Waals surface area contributed by atoms with Crippen LogP contribution in [0.2, 0.25) is 0 Å². The molecular weight excluding hydrogens is 230 g/mol. The van der Waals surface area contributed by atoms with Crippen molar-refractivity contribution in [2.24, 2.45) is 0 Å². The second-order valence-corrected chi connectivity index (χ2v) is 3.96. The average Bonchev–Trinajstić information content (AvgIpc) is 2.70. The van der Waals surface area contributed by atoms with Crippen molar-refractivity contribution in [2.75, 3.05) is 12.4 Å². The van der Waals surface area contributed by atoms with Crippen molar-refractivity contribution < 1.29 is 9.53 Å². The van der Waals surface area contributed by atoms with E-state index in [0.717, 1.165) is 11.4 Å². The molecule has 0 aliphatic heterocycles. The molecule has 1 amide bonds. The topological polar surface area (TPSA) is 67.0 Å². The van der Waals surface area contributed by atoms with Gasteiger partial charge < -0.3 is 10.1 Å². The van der Waals surface area contributed by atoms with E-state index < -0.39 is 0 Å². The van der Waals surface area contributed by atoms with Crippen molar-refractivity contribution in [3.63, 3.8) is 0 Å². The SMILES string of the molecule is COc1ccccc1C(=O)Nc1c(C)n[nH]c1C. The first-order chi connectivity index (χ1) is 8.63. The first kappa shape index (κ1) is 12.2. The van der Waals surface area contributed by atoms with E-state index >= 15 is 0 Å². The van der Waals surface area contributed by atoms with E-state index in [0.29, 0.717) is 17.0 Å². The molecule has 2 N–H and O–H groups in total. The molecule has 0 fully saturated rings. The third kappa shape index (κ3) is 2.20. The number of carbonyl (C=O) groups excluding carboxylic acids is 1. The fraction of sp³-hybridized carbons (Fsp3) is 0.231. The van der Waals surface area contributed by atoms with Gasteiger partial charge in [0.25, 0.3) is 5.91 Å². The lowest BCUT2D eigenvalue weighted by molar-refractivity contribution is 0.102. The van der Waals surface area contributed by atoms with Crippen LogP contribution in [0.1, 0.15) is 21.7 Å². The molecule has 2 aromatic rings. The Balaban J connectivity index is 2.28. The molecule has 2 rings (SSSR count). The van der Waals surface area contributed by atoms with Crippen molar-refractivity contribution in [3.8, 4) is 5.75 Å². The first-order valence-electron chi connectivity index (χ1n) is 5.59. The van der Waals surface area contributed by atoms with Crippen LogP contribution < -0.4 is 10.1 Å². The van der Waals surface area contributed by atoms with E-state index in [2.05, 4.69) is 15.5 Å². The zero-order valence-electron chi connectivity index (χ0n) is 10.6. The van der Waals surface area contributed by atoms with Gasteiger partial charge in [0.2, 0.25) is 0 Å². The summed E-state index contributed by atoms with van der Waals surface area (Å²) in [4.78, 5) is 12.2. The number of ether oxygens (including phenoxy) is 1. The Morgan fingerprint density at radius 3 is 2.67 bits per heavy atom. The Morgan fingerprint density at radius 1 is 1.33 bits per heavy atom. The maximum Gasteiger partial charge on any atom is 0.259 e. The van der Waals surface area contributed by atoms with E-state index in [1.165, 1.54) is 0 Å². The molecule has 1 aromatic carbocycles. The van der Waals surface area contributed by atoms with Crippen LogP contribution in [0.5, 0.6) is 5.75 Å². The quantitative estimate of drug-likeness (QED) is 0.871. The van der Waals surface area contributed by atoms with Gasteiger partial charge in [0.15, 0.2) is 0 Å². The van der Waals surface area contributed by atoms with Crippen LogP contribution in [0, 0.1) is 13.8 Å². The number of H-pyrrole nitrogens is 1. The lowest BCUT2D eigenvalue weighted by Gasteiger charge is -2.09. The second-order valence-electron chi connectivity index (χ2n) is 3.96. The van der Waals surface area contributed by atoms with Gasteiger partial charge >= 0.3 is 0 Å². The summed E-state index contributed by atoms with van der Waals surface area (Å²) in [6.45, 7) is 3.69. The minimum atomic E-state index is -0.208. The minimum Gasteiger partial charge on any atom is -0.496 e. The number of aryl methyl sites for hydroxylation is 2. The standard InChI is InChI=1S/C13H15N3O2/c1-8-12(9(2)16-15-8)14-13(17)10-6-4-5-7-11(10)18-3/h4-7H,1-3H3,(H,14,17)(H,15,16). The minimum absolute atomic E-state index is 0.208. The summed E-state index contributed by atoms with van der Waals surface area (Å²) in [5.41, 5.74) is 2.80. The van der Waals surface area contributed by atoms with Gasteiger partial charge in [0, 0.05) is 0 Å². The summed E-state index contributed by atoms with van der Waals surface area (Å²) in [6, 6.07) is 7.10. The zero-order chi connectivity index (χ0) is 13.1. The number of hydrogen-bond acceptors (Lipinski definition) is 3. The fourth-order valence-corrected chi connectivity index (χ4v) is 1.75. The van der Waals surface area contributed by atoms with Gasteiger partial charge in [0.05, 0.1) is 29.7 Å². The number of aromatic nitrogens is 2. The number of nitrogens with one attached hydrogen (secondary N) is 2. The number of benzene rings is 1. The third-order valence-electron chi connectivity index (χ3n) is 2.72. The summed E-state index contributed by atoms with van der Waals surface area (Å²) < 4.78 is 5.16. The highest BCUT2D eigenvalue weighted by atomic mass is 16.5. The molecule has 0 unspecified atom stereocenters. The van der Waals surface area contributed by atoms with E-state index in [9.17, 15) is 4.79 Å². The monoisotopic (exact) mass is 245 g/mol. The maximum atomic E-state index is 12.2. The highest BCUT2D eigenvalue weighted by molar-refractivity contribution is 6.06. The highest BCUT2D eigenvalue weighted by Gasteiger charge is 2.15. The van der Waals surface area contributed by atoms with Gasteiger partial charge in [-0.1, -0.05) is 12.1 Å². The summed E-state index contributed by atoms with van der Waals surface area (Å²) in [6.07, 6.45) is 0. The van der Waals surface area contributed by atoms with Crippen LogP contribution in [0.4, 0.5) is 5.69 Å². The third-order valence-corrected chi connectivity index (χ3v) is 2.72. The van der Waals surface area contributed by atoms with Gasteiger partial charge in [-0.3, -0.25) is 9.89 Å². The van der Waals surface area contributed by atoms with Gasteiger partial charge in [-0.25, -0.2) is 0 Å². The molecule has 1 aromatic heterocycles. The molecule has 1 heterocycles. The van der Waals surface area contributed by atoms with E-state index in [-0.39, 0.29) is 5.91 Å². The maximum absolute atomic E-state index is 12.2. The lowest BCUT2D eigenvalue weighted by atomic mass is 10.2. The molecule has 18 heavy (non-hydrogen) atoms. The molecule has 0 aliphatic rings. The van der Waals surface area contributed by atoms with Crippen LogP contribution in [0.3, 0.4) is 0 Å². The largest absolute Gasteiger partial charge is 0.496 e. The number of rotatable bonds is 3. The molecule has 0 bridgehead atoms. The number of para-hydroxylation sites is 1. The summed E-state index contributed by atoms with van der Waals surface area (Å²) >= 11 is 0. The van der Waals surface area contributed by atoms with Crippen molar-refractivity contribution in [2.45, 2.75) is 13.8 Å². The van der Waals surface area contributed by atoms with Crippen molar-refractivity contribution in [3.05, 3.63) is 41.2 Å². The van der Waals surface area contributed by atoms with Crippen LogP contribution in [0.25, 0.3) is 0 Å². The van der Waals surface area contributed by atoms with Gasteiger partial charge in [-0.15, -0.1) is 0 Å². The Bertz CT molecular complexity index is 556. The van der Waals surface area contributed by atoms with Crippen LogP contribution in [-0.4, -0.2) is 23.2 Å². The van der Waals surface area contributed by atoms with Gasteiger partial charge in [-0.2, -0.15) is 5.10 Å². The molecule has 0 saturated carbocycles. The number of hydrogen-bond donors (Lipinski definition) is 2. The smallest absolute Gasteiger partial charge is 0.259 e. The Kier molecular flexibility index (Phi) is 3.32. The van der Waals surface area contributed by atoms with Crippen LogP contribution in [0.15, 0.2) is 24.3 Å². The number of anilines is 1. The summed E-state index contributed by atoms with van der Waals surface area (Å²) in [7, 11) is 1.54. The van der Waals surface area contributed by atoms with Crippen molar-refractivity contribution in [1.82, 2.24) is 10.2 Å². The number of amides is 1. The summed E-state index contributed by atoms with van der Waals surface area (Å²) in [5, 5.41) is 9.70. The Hall–Kier alpha value is -2.30. The van der Waals surface area contributed by atoms with Gasteiger partial charge in [0.1, 0.15) is 5.75 Å². The number of carbonyl (C=O) groups is 1. The molecule has 0 atom stereocenters. The zero-order valence-corrected chi connectivity index (χ0v) is 10.6. The second kappa shape index (κ2) is 4.91. The Morgan fingerprint density at radius 2 is 2.06 bits per heavy atom. The van der Waals surface area contributed by atoms with E-state index in [1.807, 2.05) is 19.9 Å². The van der Waals surface area contributed by atoms with Crippen molar-refractivity contribution in [1.29, 1.82) is 0 Å². The highest BCUT2D eigenvalue weighted by Crippen LogP contribution is 2.21. The molecule has 0 radical (unpaired) electrons. The lowest BCUT2D eigenvalue weighted by Crippen LogP contribution is -2.14. The number of nitrogens with zero attached hydrogens (tertiary/aromatic N) is 1. The number of methoxy groups -OCH3 is 1. The number of aromatic amines is 1. The summed E-state index contributed by atoms with van der Waals surface area (Å²) in [5.74, 6) is 0.342. The molecule has 5 heteroatoms. The fourth-order valence-electron chi connectivity index (χ4n) is 1.75. The molecule has 5 nitrogen and oxygen atoms in total. The van der Waals surface area contributed by atoms with E-state index in [4.69, 9.17) is 4.74 Å². The Labute approximate surface area is 105 Å². The molecule has 0 spiro atoms. The average molecular weight is 245 g/mol. The molecule has 94 valence electrons. The van der Waals surface area contributed by atoms with Gasteiger partial charge in [-0.05, 0) is 26.0 Å². The van der Waals surface area contributed by atoms with Crippen LogP contribution >= 0.6 is 0 Å². The normalized spacial score (nSPS) is 10.2. The first-order valence-corrected chi connectivity index (χ1v) is 5.59. The molecule has 0 aliphatic carbocycles.